The van der Waals surface area contributed by atoms with Crippen LogP contribution >= 0.6 is 0 Å². The van der Waals surface area contributed by atoms with E-state index in [2.05, 4.69) is 39.9 Å². The molecule has 1 saturated carbocycles. The number of hydrogen-bond donors (Lipinski definition) is 3. The fourth-order valence-electron chi connectivity index (χ4n) is 5.44. The van der Waals surface area contributed by atoms with Gasteiger partial charge in [-0.2, -0.15) is 0 Å². The SMILES string of the molecule is O=C(c1[nH]c(=O)n(-c2ccc3c(c2)NCCC3)c1C1CC1)N1CCNCC1Cc1ccccc1. The first-order valence-corrected chi connectivity index (χ1v) is 12.5. The van der Waals surface area contributed by atoms with Crippen molar-refractivity contribution in [1.82, 2.24) is 19.8 Å². The lowest BCUT2D eigenvalue weighted by atomic mass is 10.0. The van der Waals surface area contributed by atoms with Gasteiger partial charge in [0.05, 0.1) is 11.4 Å². The molecular weight excluding hydrogens is 426 g/mol. The van der Waals surface area contributed by atoms with Crippen molar-refractivity contribution in [3.8, 4) is 5.69 Å². The Bertz CT molecular complexity index is 1260. The number of amides is 1. The van der Waals surface area contributed by atoms with E-state index < -0.39 is 0 Å². The monoisotopic (exact) mass is 457 g/mol. The molecule has 1 atom stereocenters. The second kappa shape index (κ2) is 8.80. The molecule has 1 aromatic heterocycles. The number of aromatic amines is 1. The Kier molecular flexibility index (Phi) is 5.49. The van der Waals surface area contributed by atoms with E-state index in [1.807, 2.05) is 29.2 Å². The third-order valence-electron chi connectivity index (χ3n) is 7.33. The molecule has 0 radical (unpaired) electrons. The van der Waals surface area contributed by atoms with Crippen LogP contribution in [0, 0.1) is 0 Å². The molecule has 1 saturated heterocycles. The number of benzene rings is 2. The zero-order chi connectivity index (χ0) is 23.1. The Hall–Kier alpha value is -3.32. The summed E-state index contributed by atoms with van der Waals surface area (Å²) >= 11 is 0. The van der Waals surface area contributed by atoms with Gasteiger partial charge >= 0.3 is 5.69 Å². The molecule has 2 aromatic carbocycles. The van der Waals surface area contributed by atoms with Gasteiger partial charge in [0.25, 0.3) is 5.91 Å². The van der Waals surface area contributed by atoms with Gasteiger partial charge in [-0.3, -0.25) is 9.36 Å². The number of carbonyl (C=O) groups is 1. The third kappa shape index (κ3) is 3.94. The fraction of sp³-hybridized carbons (Fsp3) is 0.407. The summed E-state index contributed by atoms with van der Waals surface area (Å²) in [5, 5.41) is 6.89. The number of nitrogens with zero attached hydrogens (tertiary/aromatic N) is 2. The molecule has 176 valence electrons. The molecule has 3 heterocycles. The number of rotatable bonds is 5. The quantitative estimate of drug-likeness (QED) is 0.550. The summed E-state index contributed by atoms with van der Waals surface area (Å²) in [6.45, 7) is 3.10. The van der Waals surface area contributed by atoms with E-state index in [1.165, 1.54) is 11.1 Å². The zero-order valence-electron chi connectivity index (χ0n) is 19.3. The van der Waals surface area contributed by atoms with Gasteiger partial charge in [-0.1, -0.05) is 36.4 Å². The van der Waals surface area contributed by atoms with Crippen molar-refractivity contribution >= 4 is 11.6 Å². The van der Waals surface area contributed by atoms with Crippen LogP contribution in [0.4, 0.5) is 5.69 Å². The summed E-state index contributed by atoms with van der Waals surface area (Å²) in [7, 11) is 0. The minimum atomic E-state index is -0.226. The van der Waals surface area contributed by atoms with Crippen molar-refractivity contribution in [1.29, 1.82) is 0 Å². The molecule has 1 amide bonds. The molecule has 2 fully saturated rings. The van der Waals surface area contributed by atoms with E-state index in [0.717, 1.165) is 68.8 Å². The first kappa shape index (κ1) is 21.2. The van der Waals surface area contributed by atoms with Crippen LogP contribution in [-0.2, 0) is 12.8 Å². The Morgan fingerprint density at radius 3 is 2.74 bits per heavy atom. The highest BCUT2D eigenvalue weighted by molar-refractivity contribution is 5.94. The average molecular weight is 458 g/mol. The molecule has 6 rings (SSSR count). The molecule has 3 aliphatic rings. The molecule has 7 nitrogen and oxygen atoms in total. The van der Waals surface area contributed by atoms with E-state index in [-0.39, 0.29) is 23.6 Å². The summed E-state index contributed by atoms with van der Waals surface area (Å²) in [6.07, 6.45) is 4.98. The standard InChI is InChI=1S/C27H31N5O2/c33-26(31-14-13-28-17-22(31)15-18-5-2-1-3-6-18)24-25(20-8-9-20)32(27(34)30-24)21-11-10-19-7-4-12-29-23(19)16-21/h1-3,5-6,10-11,16,20,22,28-29H,4,7-9,12-15,17H2,(H,30,34). The maximum Gasteiger partial charge on any atom is 0.330 e. The molecule has 34 heavy (non-hydrogen) atoms. The van der Waals surface area contributed by atoms with Crippen molar-refractivity contribution in [2.24, 2.45) is 0 Å². The van der Waals surface area contributed by atoms with Gasteiger partial charge in [0.2, 0.25) is 0 Å². The predicted molar refractivity (Wildman–Crippen MR) is 133 cm³/mol. The average Bonchev–Trinajstić information content (AvgIpc) is 3.66. The Morgan fingerprint density at radius 1 is 1.06 bits per heavy atom. The number of nitrogens with one attached hydrogen (secondary N) is 3. The predicted octanol–water partition coefficient (Wildman–Crippen LogP) is 3.06. The van der Waals surface area contributed by atoms with Gasteiger partial charge in [-0.15, -0.1) is 0 Å². The zero-order valence-corrected chi connectivity index (χ0v) is 19.3. The van der Waals surface area contributed by atoms with Gasteiger partial charge in [0.1, 0.15) is 5.69 Å². The maximum atomic E-state index is 13.9. The summed E-state index contributed by atoms with van der Waals surface area (Å²) in [5.74, 6) is 0.189. The number of H-pyrrole nitrogens is 1. The highest BCUT2D eigenvalue weighted by atomic mass is 16.2. The maximum absolute atomic E-state index is 13.9. The second-order valence-corrected chi connectivity index (χ2v) is 9.72. The number of imidazole rings is 1. The summed E-state index contributed by atoms with van der Waals surface area (Å²) in [6, 6.07) is 16.5. The van der Waals surface area contributed by atoms with Crippen LogP contribution in [0.25, 0.3) is 5.69 Å². The lowest BCUT2D eigenvalue weighted by Crippen LogP contribution is -2.54. The first-order chi connectivity index (χ1) is 16.7. The molecule has 0 spiro atoms. The van der Waals surface area contributed by atoms with E-state index in [0.29, 0.717) is 12.2 Å². The van der Waals surface area contributed by atoms with Crippen LogP contribution in [0.2, 0.25) is 0 Å². The van der Waals surface area contributed by atoms with Crippen LogP contribution in [0.1, 0.15) is 52.5 Å². The summed E-state index contributed by atoms with van der Waals surface area (Å²) < 4.78 is 1.75. The van der Waals surface area contributed by atoms with E-state index in [4.69, 9.17) is 0 Å². The summed E-state index contributed by atoms with van der Waals surface area (Å²) in [5.41, 5.74) is 5.51. The molecule has 3 N–H and O–H groups in total. The highest BCUT2D eigenvalue weighted by Gasteiger charge is 2.37. The Labute approximate surface area is 199 Å². The minimum Gasteiger partial charge on any atom is -0.385 e. The van der Waals surface area contributed by atoms with E-state index >= 15 is 0 Å². The summed E-state index contributed by atoms with van der Waals surface area (Å²) in [4.78, 5) is 32.0. The number of aromatic nitrogens is 2. The molecule has 1 aliphatic carbocycles. The lowest BCUT2D eigenvalue weighted by molar-refractivity contribution is 0.0629. The second-order valence-electron chi connectivity index (χ2n) is 9.72. The van der Waals surface area contributed by atoms with Gasteiger partial charge < -0.3 is 20.5 Å². The van der Waals surface area contributed by atoms with E-state index in [9.17, 15) is 9.59 Å². The van der Waals surface area contributed by atoms with E-state index in [1.54, 1.807) is 4.57 Å². The van der Waals surface area contributed by atoms with Crippen molar-refractivity contribution in [3.63, 3.8) is 0 Å². The molecule has 3 aromatic rings. The Morgan fingerprint density at radius 2 is 1.91 bits per heavy atom. The van der Waals surface area contributed by atoms with Crippen molar-refractivity contribution in [3.05, 3.63) is 81.5 Å². The van der Waals surface area contributed by atoms with Crippen molar-refractivity contribution in [2.45, 2.75) is 44.1 Å². The lowest BCUT2D eigenvalue weighted by Gasteiger charge is -2.36. The number of carbonyl (C=O) groups excluding carboxylic acids is 1. The normalized spacial score (nSPS) is 20.0. The Balaban J connectivity index is 1.36. The van der Waals surface area contributed by atoms with Gasteiger partial charge in [-0.25, -0.2) is 4.79 Å². The van der Waals surface area contributed by atoms with Gasteiger partial charge in [-0.05, 0) is 55.4 Å². The van der Waals surface area contributed by atoms with Crippen LogP contribution in [0.3, 0.4) is 0 Å². The molecule has 1 unspecified atom stereocenters. The topological polar surface area (TPSA) is 82.2 Å². The van der Waals surface area contributed by atoms with Gasteiger partial charge in [0, 0.05) is 43.8 Å². The van der Waals surface area contributed by atoms with Crippen LogP contribution in [0.5, 0.6) is 0 Å². The molecule has 2 aliphatic heterocycles. The number of piperazine rings is 1. The van der Waals surface area contributed by atoms with Crippen molar-refractivity contribution < 1.29 is 4.79 Å². The van der Waals surface area contributed by atoms with Crippen LogP contribution in [0.15, 0.2) is 53.3 Å². The smallest absolute Gasteiger partial charge is 0.330 e. The fourth-order valence-corrected chi connectivity index (χ4v) is 5.44. The van der Waals surface area contributed by atoms with Crippen molar-refractivity contribution in [2.75, 3.05) is 31.5 Å². The molecule has 0 bridgehead atoms. The molecular formula is C27H31N5O2. The van der Waals surface area contributed by atoms with Crippen LogP contribution in [-0.4, -0.2) is 52.6 Å². The largest absolute Gasteiger partial charge is 0.385 e. The highest BCUT2D eigenvalue weighted by Crippen LogP contribution is 2.42. The number of hydrogen-bond acceptors (Lipinski definition) is 4. The van der Waals surface area contributed by atoms with Gasteiger partial charge in [0.15, 0.2) is 0 Å². The minimum absolute atomic E-state index is 0.0514. The third-order valence-corrected chi connectivity index (χ3v) is 7.33. The number of anilines is 1. The van der Waals surface area contributed by atoms with Crippen LogP contribution < -0.4 is 16.3 Å². The number of aryl methyl sites for hydroxylation is 1. The number of fused-ring (bicyclic) bond motifs is 1. The molecule has 7 heteroatoms. The first-order valence-electron chi connectivity index (χ1n) is 12.5.